The lowest BCUT2D eigenvalue weighted by atomic mass is 10.00. The number of aryl methyl sites for hydroxylation is 1. The summed E-state index contributed by atoms with van der Waals surface area (Å²) in [5.41, 5.74) is 3.55. The van der Waals surface area contributed by atoms with E-state index in [9.17, 15) is 0 Å². The van der Waals surface area contributed by atoms with Crippen molar-refractivity contribution in [3.05, 3.63) is 78.1 Å². The SMILES string of the molecule is CC(NCc1nc2ccccc2n1C)c1cccc2ccccc12. The predicted octanol–water partition coefficient (Wildman–Crippen LogP) is 4.58. The third-order valence-corrected chi connectivity index (χ3v) is 4.74. The van der Waals surface area contributed by atoms with Crippen LogP contribution in [0, 0.1) is 0 Å². The fourth-order valence-corrected chi connectivity index (χ4v) is 3.34. The van der Waals surface area contributed by atoms with E-state index in [1.54, 1.807) is 0 Å². The van der Waals surface area contributed by atoms with Crippen LogP contribution in [0.5, 0.6) is 0 Å². The molecule has 3 aromatic carbocycles. The molecule has 24 heavy (non-hydrogen) atoms. The number of para-hydroxylation sites is 2. The summed E-state index contributed by atoms with van der Waals surface area (Å²) in [7, 11) is 2.08. The zero-order valence-electron chi connectivity index (χ0n) is 14.0. The second-order valence-corrected chi connectivity index (χ2v) is 6.25. The van der Waals surface area contributed by atoms with Crippen LogP contribution in [0.4, 0.5) is 0 Å². The van der Waals surface area contributed by atoms with E-state index < -0.39 is 0 Å². The van der Waals surface area contributed by atoms with E-state index >= 15 is 0 Å². The first-order chi connectivity index (χ1) is 11.7. The average molecular weight is 315 g/mol. The van der Waals surface area contributed by atoms with Gasteiger partial charge in [0.15, 0.2) is 0 Å². The Balaban J connectivity index is 1.59. The maximum Gasteiger partial charge on any atom is 0.123 e. The third-order valence-electron chi connectivity index (χ3n) is 4.74. The van der Waals surface area contributed by atoms with Gasteiger partial charge >= 0.3 is 0 Å². The molecule has 1 N–H and O–H groups in total. The van der Waals surface area contributed by atoms with Gasteiger partial charge in [0, 0.05) is 13.1 Å². The summed E-state index contributed by atoms with van der Waals surface area (Å²) in [4.78, 5) is 4.74. The molecule has 0 bridgehead atoms. The molecule has 4 rings (SSSR count). The van der Waals surface area contributed by atoms with Gasteiger partial charge in [0.2, 0.25) is 0 Å². The largest absolute Gasteiger partial charge is 0.330 e. The Kier molecular flexibility index (Phi) is 3.79. The number of nitrogens with one attached hydrogen (secondary N) is 1. The number of rotatable bonds is 4. The van der Waals surface area contributed by atoms with Crippen molar-refractivity contribution in [3.8, 4) is 0 Å². The van der Waals surface area contributed by atoms with E-state index in [4.69, 9.17) is 4.98 Å². The topological polar surface area (TPSA) is 29.9 Å². The molecule has 1 aromatic heterocycles. The van der Waals surface area contributed by atoms with Crippen LogP contribution in [0.2, 0.25) is 0 Å². The lowest BCUT2D eigenvalue weighted by molar-refractivity contribution is 0.554. The van der Waals surface area contributed by atoms with Gasteiger partial charge in [-0.1, -0.05) is 54.6 Å². The zero-order chi connectivity index (χ0) is 16.5. The zero-order valence-corrected chi connectivity index (χ0v) is 14.0. The van der Waals surface area contributed by atoms with E-state index in [0.717, 1.165) is 17.9 Å². The van der Waals surface area contributed by atoms with Crippen LogP contribution in [0.3, 0.4) is 0 Å². The fourth-order valence-electron chi connectivity index (χ4n) is 3.34. The Morgan fingerprint density at radius 2 is 1.71 bits per heavy atom. The van der Waals surface area contributed by atoms with Crippen molar-refractivity contribution in [1.82, 2.24) is 14.9 Å². The monoisotopic (exact) mass is 315 g/mol. The van der Waals surface area contributed by atoms with Gasteiger partial charge in [-0.25, -0.2) is 4.98 Å². The molecule has 3 heteroatoms. The molecule has 0 aliphatic heterocycles. The molecular weight excluding hydrogens is 294 g/mol. The maximum absolute atomic E-state index is 4.74. The first-order valence-corrected chi connectivity index (χ1v) is 8.35. The lowest BCUT2D eigenvalue weighted by Gasteiger charge is -2.16. The summed E-state index contributed by atoms with van der Waals surface area (Å²) >= 11 is 0. The molecule has 0 saturated carbocycles. The van der Waals surface area contributed by atoms with E-state index in [1.165, 1.54) is 21.9 Å². The second-order valence-electron chi connectivity index (χ2n) is 6.25. The van der Waals surface area contributed by atoms with Crippen molar-refractivity contribution in [3.63, 3.8) is 0 Å². The molecule has 0 radical (unpaired) electrons. The Morgan fingerprint density at radius 1 is 0.958 bits per heavy atom. The predicted molar refractivity (Wildman–Crippen MR) is 99.9 cm³/mol. The maximum atomic E-state index is 4.74. The summed E-state index contributed by atoms with van der Waals surface area (Å²) in [6.45, 7) is 2.96. The molecule has 0 aliphatic rings. The number of fused-ring (bicyclic) bond motifs is 2. The molecule has 1 heterocycles. The summed E-state index contributed by atoms with van der Waals surface area (Å²) in [5.74, 6) is 1.06. The van der Waals surface area contributed by atoms with Crippen molar-refractivity contribution in [1.29, 1.82) is 0 Å². The van der Waals surface area contributed by atoms with Gasteiger partial charge in [-0.3, -0.25) is 0 Å². The van der Waals surface area contributed by atoms with Gasteiger partial charge in [0.25, 0.3) is 0 Å². The molecular formula is C21H21N3. The van der Waals surface area contributed by atoms with Crippen LogP contribution in [-0.4, -0.2) is 9.55 Å². The molecule has 0 aliphatic carbocycles. The van der Waals surface area contributed by atoms with Gasteiger partial charge in [-0.05, 0) is 35.4 Å². The van der Waals surface area contributed by atoms with Gasteiger partial charge in [0.05, 0.1) is 17.6 Å². The third kappa shape index (κ3) is 2.57. The van der Waals surface area contributed by atoms with Gasteiger partial charge in [-0.2, -0.15) is 0 Å². The molecule has 0 saturated heterocycles. The van der Waals surface area contributed by atoms with E-state index in [2.05, 4.69) is 84.5 Å². The van der Waals surface area contributed by atoms with Crippen LogP contribution < -0.4 is 5.32 Å². The minimum absolute atomic E-state index is 0.260. The van der Waals surface area contributed by atoms with Crippen LogP contribution in [0.1, 0.15) is 24.4 Å². The van der Waals surface area contributed by atoms with E-state index in [0.29, 0.717) is 0 Å². The Labute approximate surface area is 142 Å². The van der Waals surface area contributed by atoms with Crippen molar-refractivity contribution in [2.75, 3.05) is 0 Å². The highest BCUT2D eigenvalue weighted by Gasteiger charge is 2.11. The van der Waals surface area contributed by atoms with Gasteiger partial charge in [0.1, 0.15) is 5.82 Å². The molecule has 120 valence electrons. The highest BCUT2D eigenvalue weighted by atomic mass is 15.1. The quantitative estimate of drug-likeness (QED) is 0.597. The second kappa shape index (κ2) is 6.10. The Hall–Kier alpha value is -2.65. The molecule has 0 spiro atoms. The Bertz CT molecular complexity index is 995. The van der Waals surface area contributed by atoms with E-state index in [-0.39, 0.29) is 6.04 Å². The highest BCUT2D eigenvalue weighted by molar-refractivity contribution is 5.86. The molecule has 4 aromatic rings. The Morgan fingerprint density at radius 3 is 2.58 bits per heavy atom. The fraction of sp³-hybridized carbons (Fsp3) is 0.190. The van der Waals surface area contributed by atoms with Gasteiger partial charge in [-0.15, -0.1) is 0 Å². The summed E-state index contributed by atoms with van der Waals surface area (Å²) in [6, 6.07) is 23.6. The number of hydrogen-bond donors (Lipinski definition) is 1. The number of aromatic nitrogens is 2. The molecule has 0 amide bonds. The molecule has 3 nitrogen and oxygen atoms in total. The van der Waals surface area contributed by atoms with Crippen LogP contribution in [0.15, 0.2) is 66.7 Å². The number of imidazole rings is 1. The van der Waals surface area contributed by atoms with Crippen molar-refractivity contribution >= 4 is 21.8 Å². The van der Waals surface area contributed by atoms with Crippen molar-refractivity contribution in [2.24, 2.45) is 7.05 Å². The summed E-state index contributed by atoms with van der Waals surface area (Å²) < 4.78 is 2.16. The molecule has 0 fully saturated rings. The molecule has 1 atom stereocenters. The standard InChI is InChI=1S/C21H21N3/c1-15(17-11-7-9-16-8-3-4-10-18(16)17)22-14-21-23-19-12-5-6-13-20(19)24(21)2/h3-13,15,22H,14H2,1-2H3. The van der Waals surface area contributed by atoms with Crippen molar-refractivity contribution in [2.45, 2.75) is 19.5 Å². The first kappa shape index (κ1) is 14.9. The summed E-state index contributed by atoms with van der Waals surface area (Å²) in [5, 5.41) is 6.22. The average Bonchev–Trinajstić information content (AvgIpc) is 2.95. The normalized spacial score (nSPS) is 12.8. The highest BCUT2D eigenvalue weighted by Crippen LogP contribution is 2.24. The number of nitrogens with zero attached hydrogens (tertiary/aromatic N) is 2. The minimum Gasteiger partial charge on any atom is -0.330 e. The minimum atomic E-state index is 0.260. The first-order valence-electron chi connectivity index (χ1n) is 8.35. The smallest absolute Gasteiger partial charge is 0.123 e. The number of benzene rings is 3. The van der Waals surface area contributed by atoms with Crippen molar-refractivity contribution < 1.29 is 0 Å². The van der Waals surface area contributed by atoms with Crippen LogP contribution in [0.25, 0.3) is 21.8 Å². The van der Waals surface area contributed by atoms with Gasteiger partial charge < -0.3 is 9.88 Å². The molecule has 1 unspecified atom stereocenters. The number of hydrogen-bond acceptors (Lipinski definition) is 2. The lowest BCUT2D eigenvalue weighted by Crippen LogP contribution is -2.20. The van der Waals surface area contributed by atoms with E-state index in [1.807, 2.05) is 6.07 Å². The van der Waals surface area contributed by atoms with Crippen LogP contribution >= 0.6 is 0 Å². The summed E-state index contributed by atoms with van der Waals surface area (Å²) in [6.07, 6.45) is 0. The van der Waals surface area contributed by atoms with Crippen LogP contribution in [-0.2, 0) is 13.6 Å².